The number of halogens is 2. The summed E-state index contributed by atoms with van der Waals surface area (Å²) in [5.41, 5.74) is 1.50. The van der Waals surface area contributed by atoms with Gasteiger partial charge in [-0.05, 0) is 65.4 Å². The number of benzene rings is 2. The van der Waals surface area contributed by atoms with E-state index in [0.29, 0.717) is 5.56 Å². The van der Waals surface area contributed by atoms with Gasteiger partial charge >= 0.3 is 0 Å². The quantitative estimate of drug-likeness (QED) is 0.817. The lowest BCUT2D eigenvalue weighted by Gasteiger charge is -2.14. The number of hydrogen-bond acceptors (Lipinski definition) is 1. The summed E-state index contributed by atoms with van der Waals surface area (Å²) in [7, 11) is 0. The van der Waals surface area contributed by atoms with E-state index in [2.05, 4.69) is 27.9 Å². The Kier molecular flexibility index (Phi) is 4.52. The Morgan fingerprint density at radius 3 is 2.53 bits per heavy atom. The lowest BCUT2D eigenvalue weighted by atomic mass is 10.1. The molecule has 2 aromatic carbocycles. The van der Waals surface area contributed by atoms with Gasteiger partial charge in [0.25, 0.3) is 5.91 Å². The molecule has 0 saturated carbocycles. The van der Waals surface area contributed by atoms with Gasteiger partial charge in [0.2, 0.25) is 0 Å². The van der Waals surface area contributed by atoms with Crippen LogP contribution in [0, 0.1) is 9.39 Å². The second-order valence-electron chi connectivity index (χ2n) is 4.26. The molecule has 4 heteroatoms. The highest BCUT2D eigenvalue weighted by molar-refractivity contribution is 14.1. The summed E-state index contributed by atoms with van der Waals surface area (Å²) < 4.78 is 13.8. The maximum absolute atomic E-state index is 12.8. The second kappa shape index (κ2) is 6.14. The van der Waals surface area contributed by atoms with E-state index in [9.17, 15) is 9.18 Å². The van der Waals surface area contributed by atoms with Gasteiger partial charge in [0.05, 0.1) is 6.04 Å². The highest BCUT2D eigenvalue weighted by Crippen LogP contribution is 2.14. The Labute approximate surface area is 125 Å². The first-order valence-corrected chi connectivity index (χ1v) is 6.96. The number of carbonyl (C=O) groups excluding carboxylic acids is 1. The van der Waals surface area contributed by atoms with Crippen LogP contribution in [0.25, 0.3) is 0 Å². The average Bonchev–Trinajstić information content (AvgIpc) is 2.39. The predicted octanol–water partition coefficient (Wildman–Crippen LogP) is 3.92. The van der Waals surface area contributed by atoms with E-state index in [1.807, 2.05) is 25.1 Å². The third-order valence-electron chi connectivity index (χ3n) is 2.80. The molecule has 1 N–H and O–H groups in total. The zero-order valence-corrected chi connectivity index (χ0v) is 12.5. The molecule has 1 amide bonds. The van der Waals surface area contributed by atoms with Crippen LogP contribution in [0.4, 0.5) is 4.39 Å². The van der Waals surface area contributed by atoms with E-state index in [4.69, 9.17) is 0 Å². The van der Waals surface area contributed by atoms with Crippen molar-refractivity contribution in [2.45, 2.75) is 13.0 Å². The topological polar surface area (TPSA) is 29.1 Å². The van der Waals surface area contributed by atoms with Gasteiger partial charge in [-0.3, -0.25) is 4.79 Å². The fourth-order valence-corrected chi connectivity index (χ4v) is 2.29. The first-order chi connectivity index (χ1) is 9.06. The van der Waals surface area contributed by atoms with Gasteiger partial charge in [-0.2, -0.15) is 0 Å². The average molecular weight is 369 g/mol. The monoisotopic (exact) mass is 369 g/mol. The summed E-state index contributed by atoms with van der Waals surface area (Å²) in [6, 6.07) is 13.4. The van der Waals surface area contributed by atoms with Gasteiger partial charge in [0, 0.05) is 9.13 Å². The first kappa shape index (κ1) is 14.0. The van der Waals surface area contributed by atoms with Gasteiger partial charge in [-0.1, -0.05) is 18.2 Å². The number of rotatable bonds is 3. The van der Waals surface area contributed by atoms with Crippen LogP contribution < -0.4 is 5.32 Å². The zero-order valence-electron chi connectivity index (χ0n) is 10.4. The lowest BCUT2D eigenvalue weighted by molar-refractivity contribution is 0.0940. The molecule has 2 aromatic rings. The molecule has 19 heavy (non-hydrogen) atoms. The van der Waals surface area contributed by atoms with Crippen LogP contribution in [-0.2, 0) is 0 Å². The summed E-state index contributed by atoms with van der Waals surface area (Å²) in [6.07, 6.45) is 0. The molecule has 0 unspecified atom stereocenters. The summed E-state index contributed by atoms with van der Waals surface area (Å²) in [6.45, 7) is 1.87. The van der Waals surface area contributed by atoms with E-state index in [1.165, 1.54) is 12.1 Å². The van der Waals surface area contributed by atoms with E-state index >= 15 is 0 Å². The van der Waals surface area contributed by atoms with Crippen molar-refractivity contribution >= 4 is 28.5 Å². The molecule has 0 aliphatic heterocycles. The Bertz CT molecular complexity index is 583. The Morgan fingerprint density at radius 1 is 1.21 bits per heavy atom. The van der Waals surface area contributed by atoms with Crippen LogP contribution in [0.15, 0.2) is 48.5 Å². The van der Waals surface area contributed by atoms with Crippen LogP contribution in [0.2, 0.25) is 0 Å². The molecule has 1 atom stereocenters. The van der Waals surface area contributed by atoms with Crippen molar-refractivity contribution < 1.29 is 9.18 Å². The number of carbonyl (C=O) groups is 1. The van der Waals surface area contributed by atoms with Gasteiger partial charge < -0.3 is 5.32 Å². The van der Waals surface area contributed by atoms with Gasteiger partial charge in [-0.15, -0.1) is 0 Å². The summed E-state index contributed by atoms with van der Waals surface area (Å²) in [5.74, 6) is -0.407. The van der Waals surface area contributed by atoms with E-state index in [0.717, 1.165) is 9.13 Å². The molecular weight excluding hydrogens is 356 g/mol. The van der Waals surface area contributed by atoms with E-state index < -0.39 is 0 Å². The van der Waals surface area contributed by atoms with Gasteiger partial charge in [-0.25, -0.2) is 4.39 Å². The summed E-state index contributed by atoms with van der Waals surface area (Å²) in [4.78, 5) is 12.1. The van der Waals surface area contributed by atoms with Gasteiger partial charge in [0.15, 0.2) is 0 Å². The molecule has 0 heterocycles. The van der Waals surface area contributed by atoms with Crippen molar-refractivity contribution in [1.29, 1.82) is 0 Å². The fourth-order valence-electron chi connectivity index (χ4n) is 1.74. The van der Waals surface area contributed by atoms with Crippen molar-refractivity contribution in [3.8, 4) is 0 Å². The molecule has 98 valence electrons. The van der Waals surface area contributed by atoms with Crippen LogP contribution in [0.1, 0.15) is 28.9 Å². The smallest absolute Gasteiger partial charge is 0.251 e. The Balaban J connectivity index is 2.08. The Hall–Kier alpha value is -1.43. The SMILES string of the molecule is C[C@@H](NC(=O)c1cccc(I)c1)c1ccc(F)cc1. The first-order valence-electron chi connectivity index (χ1n) is 5.88. The maximum atomic E-state index is 12.8. The number of nitrogens with one attached hydrogen (secondary N) is 1. The minimum atomic E-state index is -0.278. The Morgan fingerprint density at radius 2 is 1.89 bits per heavy atom. The van der Waals surface area contributed by atoms with Crippen LogP contribution in [0.3, 0.4) is 0 Å². The second-order valence-corrected chi connectivity index (χ2v) is 5.50. The minimum absolute atomic E-state index is 0.129. The molecule has 0 aliphatic rings. The van der Waals surface area contributed by atoms with Crippen molar-refractivity contribution in [1.82, 2.24) is 5.32 Å². The summed E-state index contributed by atoms with van der Waals surface area (Å²) >= 11 is 2.17. The van der Waals surface area contributed by atoms with E-state index in [1.54, 1.807) is 18.2 Å². The fraction of sp³-hybridized carbons (Fsp3) is 0.133. The van der Waals surface area contributed by atoms with Crippen LogP contribution >= 0.6 is 22.6 Å². The molecule has 0 bridgehead atoms. The van der Waals surface area contributed by atoms with E-state index in [-0.39, 0.29) is 17.8 Å². The van der Waals surface area contributed by atoms with Crippen LogP contribution in [-0.4, -0.2) is 5.91 Å². The number of hydrogen-bond donors (Lipinski definition) is 1. The standard InChI is InChI=1S/C15H13FINO/c1-10(11-5-7-13(16)8-6-11)18-15(19)12-3-2-4-14(17)9-12/h2-10H,1H3,(H,18,19)/t10-/m1/s1. The number of amides is 1. The third-order valence-corrected chi connectivity index (χ3v) is 3.48. The molecule has 0 spiro atoms. The highest BCUT2D eigenvalue weighted by atomic mass is 127. The lowest BCUT2D eigenvalue weighted by Crippen LogP contribution is -2.26. The largest absolute Gasteiger partial charge is 0.346 e. The van der Waals surface area contributed by atoms with Crippen molar-refractivity contribution in [2.24, 2.45) is 0 Å². The zero-order chi connectivity index (χ0) is 13.8. The summed E-state index contributed by atoms with van der Waals surface area (Å²) in [5, 5.41) is 2.89. The molecule has 0 fully saturated rings. The molecule has 0 aliphatic carbocycles. The predicted molar refractivity (Wildman–Crippen MR) is 81.4 cm³/mol. The molecule has 0 aromatic heterocycles. The molecule has 2 rings (SSSR count). The van der Waals surface area contributed by atoms with Crippen molar-refractivity contribution in [3.63, 3.8) is 0 Å². The molecule has 0 saturated heterocycles. The molecule has 2 nitrogen and oxygen atoms in total. The highest BCUT2D eigenvalue weighted by Gasteiger charge is 2.11. The third kappa shape index (κ3) is 3.76. The van der Waals surface area contributed by atoms with Gasteiger partial charge in [0.1, 0.15) is 5.82 Å². The van der Waals surface area contributed by atoms with Crippen molar-refractivity contribution in [2.75, 3.05) is 0 Å². The molecular formula is C15H13FINO. The maximum Gasteiger partial charge on any atom is 0.251 e. The normalized spacial score (nSPS) is 11.9. The minimum Gasteiger partial charge on any atom is -0.346 e. The van der Waals surface area contributed by atoms with Crippen LogP contribution in [0.5, 0.6) is 0 Å². The molecule has 0 radical (unpaired) electrons. The van der Waals surface area contributed by atoms with Crippen molar-refractivity contribution in [3.05, 3.63) is 69.0 Å².